The van der Waals surface area contributed by atoms with Crippen molar-refractivity contribution in [3.63, 3.8) is 0 Å². The number of aromatic nitrogens is 7. The standard InChI is InChI=1S/C22H21N9O2S/c1-32-14-10-17-21(25-11-14)16(4-5-23-17)24-12-20-28-27-19-3-2-15(29-31(19)20)18-13-34-22(26-18)30-6-8-33-9-7-30/h2-5,10-11,13H,6-9,12H2,1H3,(H,23,24). The molecule has 0 amide bonds. The highest BCUT2D eigenvalue weighted by atomic mass is 32.1. The second kappa shape index (κ2) is 8.80. The molecule has 1 saturated heterocycles. The number of morpholine rings is 1. The van der Waals surface area contributed by atoms with E-state index in [0.717, 1.165) is 59.5 Å². The molecule has 34 heavy (non-hydrogen) atoms. The Balaban J connectivity index is 1.25. The molecule has 0 atom stereocenters. The molecule has 1 aliphatic rings. The van der Waals surface area contributed by atoms with Crippen molar-refractivity contribution in [2.45, 2.75) is 6.54 Å². The number of fused-ring (bicyclic) bond motifs is 2. The number of hydrogen-bond donors (Lipinski definition) is 1. The third-order valence-electron chi connectivity index (χ3n) is 5.59. The zero-order chi connectivity index (χ0) is 22.9. The third-order valence-corrected chi connectivity index (χ3v) is 6.49. The SMILES string of the molecule is COc1cnc2c(NCc3nnc4ccc(-c5csc(N6CCOCC6)n5)nn34)ccnc2c1. The average molecular weight is 476 g/mol. The Kier molecular flexibility index (Phi) is 5.35. The van der Waals surface area contributed by atoms with E-state index >= 15 is 0 Å². The molecule has 0 bridgehead atoms. The first-order valence-corrected chi connectivity index (χ1v) is 11.7. The van der Waals surface area contributed by atoms with E-state index in [-0.39, 0.29) is 0 Å². The van der Waals surface area contributed by atoms with Crippen LogP contribution in [0.4, 0.5) is 10.8 Å². The molecular weight excluding hydrogens is 454 g/mol. The smallest absolute Gasteiger partial charge is 0.186 e. The summed E-state index contributed by atoms with van der Waals surface area (Å²) in [7, 11) is 1.61. The van der Waals surface area contributed by atoms with Gasteiger partial charge in [-0.3, -0.25) is 4.98 Å². The maximum absolute atomic E-state index is 5.44. The van der Waals surface area contributed by atoms with Gasteiger partial charge < -0.3 is 19.7 Å². The van der Waals surface area contributed by atoms with Crippen molar-refractivity contribution in [1.29, 1.82) is 0 Å². The Morgan fingerprint density at radius 3 is 2.91 bits per heavy atom. The van der Waals surface area contributed by atoms with E-state index in [0.29, 0.717) is 23.8 Å². The molecule has 6 heterocycles. The summed E-state index contributed by atoms with van der Waals surface area (Å²) < 4.78 is 12.4. The van der Waals surface area contributed by atoms with Crippen LogP contribution in [0, 0.1) is 0 Å². The van der Waals surface area contributed by atoms with Crippen molar-refractivity contribution >= 4 is 38.8 Å². The summed E-state index contributed by atoms with van der Waals surface area (Å²) in [6.45, 7) is 3.58. The highest BCUT2D eigenvalue weighted by molar-refractivity contribution is 7.14. The second-order valence-corrected chi connectivity index (χ2v) is 8.51. The van der Waals surface area contributed by atoms with Gasteiger partial charge in [0.2, 0.25) is 0 Å². The lowest BCUT2D eigenvalue weighted by Gasteiger charge is -2.25. The molecule has 172 valence electrons. The summed E-state index contributed by atoms with van der Waals surface area (Å²) in [5.74, 6) is 1.34. The van der Waals surface area contributed by atoms with Crippen LogP contribution < -0.4 is 15.0 Å². The van der Waals surface area contributed by atoms with Crippen LogP contribution in [-0.4, -0.2) is 68.2 Å². The lowest BCUT2D eigenvalue weighted by molar-refractivity contribution is 0.122. The molecule has 12 heteroatoms. The Labute approximate surface area is 198 Å². The van der Waals surface area contributed by atoms with Gasteiger partial charge in [-0.05, 0) is 18.2 Å². The van der Waals surface area contributed by atoms with Crippen LogP contribution in [0.25, 0.3) is 28.1 Å². The molecule has 5 aromatic rings. The van der Waals surface area contributed by atoms with Crippen molar-refractivity contribution in [2.24, 2.45) is 0 Å². The van der Waals surface area contributed by atoms with Gasteiger partial charge in [0.25, 0.3) is 0 Å². The highest BCUT2D eigenvalue weighted by Crippen LogP contribution is 2.27. The maximum atomic E-state index is 5.44. The molecule has 0 spiro atoms. The van der Waals surface area contributed by atoms with Crippen molar-refractivity contribution < 1.29 is 9.47 Å². The van der Waals surface area contributed by atoms with Gasteiger partial charge in [0, 0.05) is 30.7 Å². The molecule has 0 saturated carbocycles. The Morgan fingerprint density at radius 1 is 1.12 bits per heavy atom. The third kappa shape index (κ3) is 3.86. The van der Waals surface area contributed by atoms with Crippen LogP contribution >= 0.6 is 11.3 Å². The minimum absolute atomic E-state index is 0.417. The molecule has 0 aromatic carbocycles. The van der Waals surface area contributed by atoms with Crippen LogP contribution in [0.15, 0.2) is 42.0 Å². The Hall–Kier alpha value is -3.90. The van der Waals surface area contributed by atoms with Crippen LogP contribution in [0.5, 0.6) is 5.75 Å². The van der Waals surface area contributed by atoms with Gasteiger partial charge in [0.15, 0.2) is 16.6 Å². The summed E-state index contributed by atoms with van der Waals surface area (Å²) in [5.41, 5.74) is 4.62. The van der Waals surface area contributed by atoms with Gasteiger partial charge >= 0.3 is 0 Å². The molecule has 5 aromatic heterocycles. The molecule has 0 aliphatic carbocycles. The second-order valence-electron chi connectivity index (χ2n) is 7.67. The van der Waals surface area contributed by atoms with Gasteiger partial charge in [0.1, 0.15) is 22.7 Å². The topological polar surface area (TPSA) is 115 Å². The van der Waals surface area contributed by atoms with E-state index in [2.05, 4.69) is 30.4 Å². The number of ether oxygens (including phenoxy) is 2. The fourth-order valence-corrected chi connectivity index (χ4v) is 4.68. The fourth-order valence-electron chi connectivity index (χ4n) is 3.80. The number of pyridine rings is 2. The first kappa shape index (κ1) is 20.7. The van der Waals surface area contributed by atoms with Gasteiger partial charge in [-0.2, -0.15) is 9.61 Å². The molecule has 0 radical (unpaired) electrons. The quantitative estimate of drug-likeness (QED) is 0.393. The summed E-state index contributed by atoms with van der Waals surface area (Å²) >= 11 is 1.62. The molecule has 1 N–H and O–H groups in total. The largest absolute Gasteiger partial charge is 0.495 e. The number of hydrogen-bond acceptors (Lipinski definition) is 11. The molecule has 0 unspecified atom stereocenters. The van der Waals surface area contributed by atoms with E-state index in [1.165, 1.54) is 0 Å². The van der Waals surface area contributed by atoms with Gasteiger partial charge in [-0.15, -0.1) is 21.5 Å². The van der Waals surface area contributed by atoms with E-state index in [1.807, 2.05) is 29.6 Å². The van der Waals surface area contributed by atoms with Crippen LogP contribution in [0.3, 0.4) is 0 Å². The van der Waals surface area contributed by atoms with Crippen LogP contribution in [-0.2, 0) is 11.3 Å². The monoisotopic (exact) mass is 475 g/mol. The first-order chi connectivity index (χ1) is 16.8. The molecule has 6 rings (SSSR count). The summed E-state index contributed by atoms with van der Waals surface area (Å²) in [5, 5.41) is 19.8. The minimum atomic E-state index is 0.417. The number of thiazole rings is 1. The number of rotatable bonds is 6. The van der Waals surface area contributed by atoms with Crippen molar-refractivity contribution in [2.75, 3.05) is 43.6 Å². The average Bonchev–Trinajstić information content (AvgIpc) is 3.55. The predicted molar refractivity (Wildman–Crippen MR) is 128 cm³/mol. The molecule has 1 aliphatic heterocycles. The summed E-state index contributed by atoms with van der Waals surface area (Å²) in [6.07, 6.45) is 3.41. The Bertz CT molecular complexity index is 1460. The van der Waals surface area contributed by atoms with Crippen molar-refractivity contribution in [3.05, 3.63) is 47.9 Å². The van der Waals surface area contributed by atoms with Crippen molar-refractivity contribution in [1.82, 2.24) is 34.8 Å². The van der Waals surface area contributed by atoms with E-state index in [4.69, 9.17) is 19.6 Å². The van der Waals surface area contributed by atoms with Crippen LogP contribution in [0.1, 0.15) is 5.82 Å². The minimum Gasteiger partial charge on any atom is -0.495 e. The molecular formula is C22H21N9O2S. The predicted octanol–water partition coefficient (Wildman–Crippen LogP) is 2.65. The van der Waals surface area contributed by atoms with E-state index in [9.17, 15) is 0 Å². The lowest BCUT2D eigenvalue weighted by Crippen LogP contribution is -2.36. The fraction of sp³-hybridized carbons (Fsp3) is 0.273. The summed E-state index contributed by atoms with van der Waals surface area (Å²) in [6, 6.07) is 7.56. The molecule has 11 nitrogen and oxygen atoms in total. The first-order valence-electron chi connectivity index (χ1n) is 10.8. The zero-order valence-electron chi connectivity index (χ0n) is 18.4. The Morgan fingerprint density at radius 2 is 2.03 bits per heavy atom. The maximum Gasteiger partial charge on any atom is 0.186 e. The number of nitrogens with zero attached hydrogens (tertiary/aromatic N) is 8. The van der Waals surface area contributed by atoms with E-state index in [1.54, 1.807) is 35.4 Å². The van der Waals surface area contributed by atoms with E-state index < -0.39 is 0 Å². The number of nitrogens with one attached hydrogen (secondary N) is 1. The normalized spacial score (nSPS) is 14.1. The number of methoxy groups -OCH3 is 1. The van der Waals surface area contributed by atoms with Gasteiger partial charge in [0.05, 0.1) is 44.3 Å². The number of anilines is 2. The van der Waals surface area contributed by atoms with Crippen molar-refractivity contribution in [3.8, 4) is 17.1 Å². The highest BCUT2D eigenvalue weighted by Gasteiger charge is 2.17. The summed E-state index contributed by atoms with van der Waals surface area (Å²) in [4.78, 5) is 15.9. The van der Waals surface area contributed by atoms with Gasteiger partial charge in [-0.25, -0.2) is 9.97 Å². The van der Waals surface area contributed by atoms with Gasteiger partial charge in [-0.1, -0.05) is 0 Å². The molecule has 1 fully saturated rings. The lowest BCUT2D eigenvalue weighted by atomic mass is 10.2. The zero-order valence-corrected chi connectivity index (χ0v) is 19.2. The van der Waals surface area contributed by atoms with Crippen LogP contribution in [0.2, 0.25) is 0 Å².